The topological polar surface area (TPSA) is 74.1 Å². The maximum absolute atomic E-state index is 9.40. The van der Waals surface area contributed by atoms with Crippen LogP contribution in [-0.2, 0) is 0 Å². The van der Waals surface area contributed by atoms with Gasteiger partial charge in [-0.15, -0.1) is 0 Å². The first-order valence-electron chi connectivity index (χ1n) is 8.40. The van der Waals surface area contributed by atoms with Gasteiger partial charge >= 0.3 is 0 Å². The van der Waals surface area contributed by atoms with Gasteiger partial charge in [-0.3, -0.25) is 5.21 Å². The minimum atomic E-state index is 0.000811. The van der Waals surface area contributed by atoms with Crippen LogP contribution in [0.5, 0.6) is 5.75 Å². The summed E-state index contributed by atoms with van der Waals surface area (Å²) in [6, 6.07) is 15.5. The Morgan fingerprint density at radius 3 is 2.00 bits per heavy atom. The fourth-order valence-corrected chi connectivity index (χ4v) is 2.97. The van der Waals surface area contributed by atoms with Crippen LogP contribution in [-0.4, -0.2) is 22.9 Å². The molecular formula is C20H22N2O3. The van der Waals surface area contributed by atoms with Crippen LogP contribution in [0.4, 0.5) is 0 Å². The third kappa shape index (κ3) is 3.10. The van der Waals surface area contributed by atoms with Gasteiger partial charge in [0.15, 0.2) is 5.84 Å². The van der Waals surface area contributed by atoms with Crippen molar-refractivity contribution in [3.63, 3.8) is 0 Å². The number of fused-ring (bicyclic) bond motifs is 2. The summed E-state index contributed by atoms with van der Waals surface area (Å²) in [5.74, 6) is 1.26. The Kier molecular flexibility index (Phi) is 5.05. The van der Waals surface area contributed by atoms with Gasteiger partial charge in [0.25, 0.3) is 0 Å². The van der Waals surface area contributed by atoms with E-state index in [1.807, 2.05) is 54.0 Å². The molecule has 0 radical (unpaired) electrons. The highest BCUT2D eigenvalue weighted by Crippen LogP contribution is 2.38. The van der Waals surface area contributed by atoms with Gasteiger partial charge in [0, 0.05) is 16.3 Å². The molecule has 0 bridgehead atoms. The molecule has 0 aliphatic heterocycles. The second kappa shape index (κ2) is 7.40. The van der Waals surface area contributed by atoms with Gasteiger partial charge in [-0.2, -0.15) is 0 Å². The van der Waals surface area contributed by atoms with E-state index < -0.39 is 0 Å². The van der Waals surface area contributed by atoms with Crippen LogP contribution >= 0.6 is 0 Å². The first-order valence-corrected chi connectivity index (χ1v) is 8.40. The third-order valence-electron chi connectivity index (χ3n) is 4.53. The Morgan fingerprint density at radius 1 is 1.04 bits per heavy atom. The lowest BCUT2D eigenvalue weighted by molar-refractivity contribution is 0.224. The zero-order chi connectivity index (χ0) is 17.8. The smallest absolute Gasteiger partial charge is 0.197 e. The van der Waals surface area contributed by atoms with Crippen molar-refractivity contribution < 1.29 is 15.2 Å². The largest absolute Gasteiger partial charge is 0.492 e. The molecule has 3 aromatic rings. The molecule has 3 N–H and O–H groups in total. The number of nitrogens with zero attached hydrogens (tertiary/aromatic N) is 1. The molecule has 0 saturated carbocycles. The molecule has 1 unspecified atom stereocenters. The zero-order valence-corrected chi connectivity index (χ0v) is 14.4. The zero-order valence-electron chi connectivity index (χ0n) is 14.4. The second-order valence-electron chi connectivity index (χ2n) is 6.18. The Morgan fingerprint density at radius 2 is 1.56 bits per heavy atom. The van der Waals surface area contributed by atoms with Gasteiger partial charge < -0.3 is 9.94 Å². The molecular weight excluding hydrogens is 316 g/mol. The van der Waals surface area contributed by atoms with Crippen LogP contribution in [0.15, 0.2) is 53.7 Å². The Bertz CT molecular complexity index is 864. The van der Waals surface area contributed by atoms with Gasteiger partial charge in [0.05, 0.1) is 6.61 Å². The summed E-state index contributed by atoms with van der Waals surface area (Å²) in [5.41, 5.74) is 2.62. The maximum Gasteiger partial charge on any atom is 0.197 e. The van der Waals surface area contributed by atoms with E-state index in [4.69, 9.17) is 4.74 Å². The second-order valence-corrected chi connectivity index (χ2v) is 6.18. The van der Waals surface area contributed by atoms with Crippen molar-refractivity contribution in [2.75, 3.05) is 6.61 Å². The highest BCUT2D eigenvalue weighted by molar-refractivity contribution is 6.22. The number of benzene rings is 3. The van der Waals surface area contributed by atoms with Gasteiger partial charge in [-0.1, -0.05) is 74.0 Å². The van der Waals surface area contributed by atoms with Gasteiger partial charge in [-0.25, -0.2) is 5.48 Å². The van der Waals surface area contributed by atoms with E-state index >= 15 is 0 Å². The molecule has 130 valence electrons. The summed E-state index contributed by atoms with van der Waals surface area (Å²) < 4.78 is 6.20. The number of hydroxylamine groups is 1. The van der Waals surface area contributed by atoms with Crippen molar-refractivity contribution in [2.45, 2.75) is 20.3 Å². The molecule has 0 aromatic heterocycles. The van der Waals surface area contributed by atoms with Crippen molar-refractivity contribution in [3.8, 4) is 5.75 Å². The molecule has 3 rings (SSSR count). The molecule has 3 aromatic carbocycles. The van der Waals surface area contributed by atoms with Crippen LogP contribution in [0.2, 0.25) is 0 Å². The lowest BCUT2D eigenvalue weighted by atomic mass is 9.95. The predicted octanol–water partition coefficient (Wildman–Crippen LogP) is 4.53. The summed E-state index contributed by atoms with van der Waals surface area (Å²) >= 11 is 0. The first-order chi connectivity index (χ1) is 12.2. The highest BCUT2D eigenvalue weighted by atomic mass is 16.5. The fraction of sp³-hybridized carbons (Fsp3) is 0.250. The van der Waals surface area contributed by atoms with E-state index in [1.54, 1.807) is 0 Å². The number of rotatable bonds is 5. The number of amidine groups is 1. The molecule has 0 fully saturated rings. The van der Waals surface area contributed by atoms with Crippen LogP contribution in [0.3, 0.4) is 0 Å². The van der Waals surface area contributed by atoms with Crippen molar-refractivity contribution >= 4 is 27.4 Å². The van der Waals surface area contributed by atoms with E-state index in [2.05, 4.69) is 19.0 Å². The normalized spacial score (nSPS) is 13.2. The average Bonchev–Trinajstić information content (AvgIpc) is 2.67. The number of hydrogen-bond acceptors (Lipinski definition) is 4. The highest BCUT2D eigenvalue weighted by Gasteiger charge is 2.18. The van der Waals surface area contributed by atoms with Crippen LogP contribution < -0.4 is 10.2 Å². The molecule has 1 atom stereocenters. The van der Waals surface area contributed by atoms with Crippen molar-refractivity contribution in [1.82, 2.24) is 5.48 Å². The molecule has 5 nitrogen and oxygen atoms in total. The Hall–Kier alpha value is -2.79. The molecule has 5 heteroatoms. The number of hydrogen-bond donors (Lipinski definition) is 3. The maximum atomic E-state index is 9.40. The summed E-state index contributed by atoms with van der Waals surface area (Å²) in [6.45, 7) is 4.93. The van der Waals surface area contributed by atoms with Crippen LogP contribution in [0, 0.1) is 5.92 Å². The molecule has 0 aliphatic carbocycles. The molecule has 0 saturated heterocycles. The predicted molar refractivity (Wildman–Crippen MR) is 99.6 cm³/mol. The van der Waals surface area contributed by atoms with Crippen LogP contribution in [0.1, 0.15) is 25.8 Å². The minimum Gasteiger partial charge on any atom is -0.492 e. The lowest BCUT2D eigenvalue weighted by Gasteiger charge is -2.18. The van der Waals surface area contributed by atoms with Gasteiger partial charge in [-0.05, 0) is 16.7 Å². The molecule has 0 spiro atoms. The minimum absolute atomic E-state index is 0.000811. The lowest BCUT2D eigenvalue weighted by Crippen LogP contribution is -2.21. The van der Waals surface area contributed by atoms with Crippen molar-refractivity contribution in [3.05, 3.63) is 54.1 Å². The SMILES string of the molecule is CCC(C)COc1c2ccccc2c(C(=NO)NO)c2ccccc12. The average molecular weight is 338 g/mol. The summed E-state index contributed by atoms with van der Waals surface area (Å²) in [6.07, 6.45) is 1.05. The quantitative estimate of drug-likeness (QED) is 0.210. The number of nitrogens with one attached hydrogen (secondary N) is 1. The van der Waals surface area contributed by atoms with Gasteiger partial charge in [0.1, 0.15) is 5.75 Å². The van der Waals surface area contributed by atoms with Gasteiger partial charge in [0.2, 0.25) is 0 Å². The third-order valence-corrected chi connectivity index (χ3v) is 4.53. The van der Waals surface area contributed by atoms with E-state index in [0.717, 1.165) is 33.7 Å². The Balaban J connectivity index is 2.34. The fourth-order valence-electron chi connectivity index (χ4n) is 2.97. The number of ether oxygens (including phenoxy) is 1. The molecule has 0 amide bonds. The van der Waals surface area contributed by atoms with E-state index in [0.29, 0.717) is 18.1 Å². The molecule has 0 heterocycles. The molecule has 0 aliphatic rings. The standard InChI is InChI=1S/C20H22N2O3/c1-3-13(2)12-25-19-16-10-6-4-8-14(16)18(20(21-23)22-24)15-9-5-7-11-17(15)19/h4-11,13,23-24H,3,12H2,1-2H3,(H,21,22). The van der Waals surface area contributed by atoms with E-state index in [9.17, 15) is 10.4 Å². The van der Waals surface area contributed by atoms with E-state index in [1.165, 1.54) is 0 Å². The van der Waals surface area contributed by atoms with Crippen LogP contribution in [0.25, 0.3) is 21.5 Å². The van der Waals surface area contributed by atoms with E-state index in [-0.39, 0.29) is 5.84 Å². The van der Waals surface area contributed by atoms with Crippen molar-refractivity contribution in [1.29, 1.82) is 0 Å². The summed E-state index contributed by atoms with van der Waals surface area (Å²) in [4.78, 5) is 0. The Labute approximate surface area is 146 Å². The number of oxime groups is 1. The monoisotopic (exact) mass is 338 g/mol. The van der Waals surface area contributed by atoms with Crippen molar-refractivity contribution in [2.24, 2.45) is 11.1 Å². The molecule has 25 heavy (non-hydrogen) atoms. The summed E-state index contributed by atoms with van der Waals surface area (Å²) in [5, 5.41) is 25.4. The summed E-state index contributed by atoms with van der Waals surface area (Å²) in [7, 11) is 0. The first kappa shape index (κ1) is 17.0.